The summed E-state index contributed by atoms with van der Waals surface area (Å²) in [5, 5.41) is 25.2. The van der Waals surface area contributed by atoms with Crippen molar-refractivity contribution in [1.82, 2.24) is 5.32 Å². The minimum atomic E-state index is -2.46. The van der Waals surface area contributed by atoms with Gasteiger partial charge in [-0.1, -0.05) is 18.2 Å². The second-order valence-corrected chi connectivity index (χ2v) is 5.58. The van der Waals surface area contributed by atoms with E-state index in [0.29, 0.717) is 31.2 Å². The molecule has 0 spiro atoms. The standard InChI is InChI=1S/C14H18N4O6/c19-13(12-4-2-1-3-5-12)15-10-14(17(20)21,18(22)23)11-16-6-8-24-9-7-16/h1-5H,6-11H2,(H,15,19)/p+1. The Bertz CT molecular complexity index is 589. The predicted molar refractivity (Wildman–Crippen MR) is 81.9 cm³/mol. The van der Waals surface area contributed by atoms with E-state index in [9.17, 15) is 25.0 Å². The monoisotopic (exact) mass is 339 g/mol. The molecule has 10 nitrogen and oxygen atoms in total. The molecule has 0 aromatic heterocycles. The van der Waals surface area contributed by atoms with E-state index in [-0.39, 0.29) is 12.1 Å². The van der Waals surface area contributed by atoms with Crippen LogP contribution in [0.5, 0.6) is 0 Å². The van der Waals surface area contributed by atoms with Crippen LogP contribution in [0, 0.1) is 20.2 Å². The van der Waals surface area contributed by atoms with Gasteiger partial charge >= 0.3 is 5.66 Å². The van der Waals surface area contributed by atoms with Crippen molar-refractivity contribution in [1.29, 1.82) is 0 Å². The van der Waals surface area contributed by atoms with Crippen LogP contribution in [-0.4, -0.2) is 60.8 Å². The maximum Gasteiger partial charge on any atom is 0.521 e. The van der Waals surface area contributed by atoms with Gasteiger partial charge < -0.3 is 15.0 Å². The van der Waals surface area contributed by atoms with Crippen LogP contribution in [0.15, 0.2) is 30.3 Å². The first-order valence-corrected chi connectivity index (χ1v) is 7.49. The summed E-state index contributed by atoms with van der Waals surface area (Å²) in [6.45, 7) is 0.719. The van der Waals surface area contributed by atoms with Crippen LogP contribution in [0.3, 0.4) is 0 Å². The van der Waals surface area contributed by atoms with Crippen molar-refractivity contribution in [3.05, 3.63) is 56.1 Å². The third-order valence-electron chi connectivity index (χ3n) is 3.98. The molecule has 1 aromatic rings. The van der Waals surface area contributed by atoms with Crippen molar-refractivity contribution in [2.45, 2.75) is 5.66 Å². The fraction of sp³-hybridized carbons (Fsp3) is 0.500. The number of ether oxygens (including phenoxy) is 1. The highest BCUT2D eigenvalue weighted by Crippen LogP contribution is 2.09. The zero-order chi connectivity index (χ0) is 17.6. The van der Waals surface area contributed by atoms with Crippen molar-refractivity contribution in [3.8, 4) is 0 Å². The number of rotatable bonds is 7. The van der Waals surface area contributed by atoms with E-state index in [1.807, 2.05) is 0 Å². The van der Waals surface area contributed by atoms with Crippen molar-refractivity contribution in [2.75, 3.05) is 39.4 Å². The molecule has 1 amide bonds. The summed E-state index contributed by atoms with van der Waals surface area (Å²) in [4.78, 5) is 33.8. The van der Waals surface area contributed by atoms with Crippen LogP contribution >= 0.6 is 0 Å². The van der Waals surface area contributed by atoms with Gasteiger partial charge in [-0.05, 0) is 12.1 Å². The minimum absolute atomic E-state index is 0.289. The van der Waals surface area contributed by atoms with Gasteiger partial charge in [0.1, 0.15) is 22.9 Å². The van der Waals surface area contributed by atoms with Crippen molar-refractivity contribution in [3.63, 3.8) is 0 Å². The van der Waals surface area contributed by atoms with E-state index in [0.717, 1.165) is 0 Å². The number of morpholine rings is 1. The van der Waals surface area contributed by atoms with Crippen LogP contribution in [-0.2, 0) is 4.74 Å². The number of amides is 1. The Morgan fingerprint density at radius 2 is 1.75 bits per heavy atom. The van der Waals surface area contributed by atoms with E-state index < -0.39 is 28.0 Å². The lowest BCUT2D eigenvalue weighted by Gasteiger charge is -2.26. The van der Waals surface area contributed by atoms with Gasteiger partial charge in [-0.2, -0.15) is 0 Å². The summed E-state index contributed by atoms with van der Waals surface area (Å²) in [7, 11) is 0. The highest BCUT2D eigenvalue weighted by atomic mass is 16.7. The number of carbonyl (C=O) groups is 1. The molecule has 1 aliphatic rings. The summed E-state index contributed by atoms with van der Waals surface area (Å²) in [6, 6.07) is 8.06. The van der Waals surface area contributed by atoms with E-state index in [1.165, 1.54) is 12.1 Å². The van der Waals surface area contributed by atoms with Gasteiger partial charge in [0.15, 0.2) is 6.54 Å². The second-order valence-electron chi connectivity index (χ2n) is 5.58. The third kappa shape index (κ3) is 4.03. The van der Waals surface area contributed by atoms with Gasteiger partial charge in [0, 0.05) is 5.56 Å². The number of benzene rings is 1. The average Bonchev–Trinajstić information content (AvgIpc) is 2.59. The molecule has 10 heteroatoms. The summed E-state index contributed by atoms with van der Waals surface area (Å²) in [5.41, 5.74) is -2.17. The molecule has 2 N–H and O–H groups in total. The Balaban J connectivity index is 2.11. The van der Waals surface area contributed by atoms with E-state index >= 15 is 0 Å². The number of carbonyl (C=O) groups excluding carboxylic acids is 1. The summed E-state index contributed by atoms with van der Waals surface area (Å²) in [6.07, 6.45) is 0. The van der Waals surface area contributed by atoms with Crippen molar-refractivity contribution in [2.24, 2.45) is 0 Å². The zero-order valence-corrected chi connectivity index (χ0v) is 13.0. The summed E-state index contributed by atoms with van der Waals surface area (Å²) in [5.74, 6) is -0.583. The quantitative estimate of drug-likeness (QED) is 0.356. The highest BCUT2D eigenvalue weighted by Gasteiger charge is 2.60. The first-order valence-electron chi connectivity index (χ1n) is 7.49. The lowest BCUT2D eigenvalue weighted by molar-refractivity contribution is -0.956. The molecule has 0 aliphatic carbocycles. The molecule has 24 heavy (non-hydrogen) atoms. The highest BCUT2D eigenvalue weighted by molar-refractivity contribution is 5.94. The number of nitrogens with one attached hydrogen (secondary N) is 2. The topological polar surface area (TPSA) is 129 Å². The number of hydrogen-bond donors (Lipinski definition) is 2. The molecule has 0 atom stereocenters. The molecule has 1 aromatic carbocycles. The Morgan fingerprint density at radius 3 is 2.29 bits per heavy atom. The second kappa shape index (κ2) is 7.79. The lowest BCUT2D eigenvalue weighted by atomic mass is 10.1. The molecule has 0 radical (unpaired) electrons. The first-order chi connectivity index (χ1) is 11.5. The van der Waals surface area contributed by atoms with Crippen molar-refractivity contribution >= 4 is 5.91 Å². The molecule has 1 saturated heterocycles. The molecule has 0 saturated carbocycles. The summed E-state index contributed by atoms with van der Waals surface area (Å²) >= 11 is 0. The molecule has 0 unspecified atom stereocenters. The molecule has 1 heterocycles. The molecule has 1 fully saturated rings. The first kappa shape index (κ1) is 17.8. The number of hydrogen-bond acceptors (Lipinski definition) is 6. The average molecular weight is 339 g/mol. The Hall–Kier alpha value is -2.59. The molecular weight excluding hydrogens is 320 g/mol. The molecular formula is C14H19N4O6+. The van der Waals surface area contributed by atoms with Gasteiger partial charge in [0.2, 0.25) is 6.54 Å². The molecule has 130 valence electrons. The van der Waals surface area contributed by atoms with Crippen LogP contribution in [0.2, 0.25) is 0 Å². The number of nitrogens with zero attached hydrogens (tertiary/aromatic N) is 2. The predicted octanol–water partition coefficient (Wildman–Crippen LogP) is -1.42. The lowest BCUT2D eigenvalue weighted by Crippen LogP contribution is -3.16. The van der Waals surface area contributed by atoms with Gasteiger partial charge in [-0.25, -0.2) is 0 Å². The fourth-order valence-electron chi connectivity index (χ4n) is 2.54. The molecule has 0 bridgehead atoms. The molecule has 2 rings (SSSR count). The van der Waals surface area contributed by atoms with Gasteiger partial charge in [0.25, 0.3) is 5.91 Å². The smallest absolute Gasteiger partial charge is 0.370 e. The third-order valence-corrected chi connectivity index (χ3v) is 3.98. The number of nitro groups is 2. The van der Waals surface area contributed by atoms with Crippen LogP contribution in [0.25, 0.3) is 0 Å². The SMILES string of the molecule is O=C(NCC(C[NH+]1CCOCC1)([N+](=O)[O-])[N+](=O)[O-])c1ccccc1. The van der Waals surface area contributed by atoms with Gasteiger partial charge in [0.05, 0.1) is 13.2 Å². The van der Waals surface area contributed by atoms with Crippen LogP contribution in [0.1, 0.15) is 10.4 Å². The Morgan fingerprint density at radius 1 is 1.17 bits per heavy atom. The maximum atomic E-state index is 12.0. The fourth-order valence-corrected chi connectivity index (χ4v) is 2.54. The normalized spacial score (nSPS) is 15.7. The Kier molecular flexibility index (Phi) is 5.77. The van der Waals surface area contributed by atoms with E-state index in [2.05, 4.69) is 5.32 Å². The van der Waals surface area contributed by atoms with E-state index in [1.54, 1.807) is 18.2 Å². The number of quaternary nitrogens is 1. The maximum absolute atomic E-state index is 12.0. The largest absolute Gasteiger partial charge is 0.521 e. The Labute approximate surface area is 137 Å². The van der Waals surface area contributed by atoms with Gasteiger partial charge in [-0.15, -0.1) is 0 Å². The van der Waals surface area contributed by atoms with Crippen LogP contribution in [0.4, 0.5) is 0 Å². The molecule has 1 aliphatic heterocycles. The van der Waals surface area contributed by atoms with Crippen LogP contribution < -0.4 is 10.2 Å². The van der Waals surface area contributed by atoms with E-state index in [4.69, 9.17) is 4.74 Å². The van der Waals surface area contributed by atoms with Gasteiger partial charge in [-0.3, -0.25) is 25.0 Å². The zero-order valence-electron chi connectivity index (χ0n) is 13.0. The van der Waals surface area contributed by atoms with Crippen molar-refractivity contribution < 1.29 is 24.3 Å². The summed E-state index contributed by atoms with van der Waals surface area (Å²) < 4.78 is 5.16. The minimum Gasteiger partial charge on any atom is -0.370 e.